The number of nitrogens with zero attached hydrogens (tertiary/aromatic N) is 2. The zero-order chi connectivity index (χ0) is 23.9. The fraction of sp³-hybridized carbons (Fsp3) is 0.414. The number of anilines is 1. The van der Waals surface area contributed by atoms with Crippen LogP contribution in [-0.2, 0) is 13.1 Å². The molecule has 1 aliphatic carbocycles. The number of thiocarbonyl (C=S) groups is 1. The van der Waals surface area contributed by atoms with E-state index >= 15 is 0 Å². The van der Waals surface area contributed by atoms with Gasteiger partial charge in [0.25, 0.3) is 0 Å². The number of hydrogen-bond acceptors (Lipinski definition) is 2. The van der Waals surface area contributed by atoms with Gasteiger partial charge in [-0.3, -0.25) is 0 Å². The predicted octanol–water partition coefficient (Wildman–Crippen LogP) is 7.08. The molecule has 1 aromatic heterocycles. The molecule has 2 aromatic carbocycles. The van der Waals surface area contributed by atoms with Crippen LogP contribution in [0.15, 0.2) is 60.8 Å². The minimum atomic E-state index is 0.463. The third kappa shape index (κ3) is 6.20. The van der Waals surface area contributed by atoms with Gasteiger partial charge in [0.1, 0.15) is 5.75 Å². The summed E-state index contributed by atoms with van der Waals surface area (Å²) < 4.78 is 7.68. The van der Waals surface area contributed by atoms with Crippen molar-refractivity contribution in [3.05, 3.63) is 83.2 Å². The molecule has 5 heteroatoms. The number of ether oxygens (including phenoxy) is 1. The molecule has 0 radical (unpaired) electrons. The molecule has 180 valence electrons. The highest BCUT2D eigenvalue weighted by atomic mass is 32.1. The van der Waals surface area contributed by atoms with Crippen molar-refractivity contribution in [1.82, 2.24) is 9.47 Å². The van der Waals surface area contributed by atoms with Crippen LogP contribution in [0.4, 0.5) is 5.69 Å². The lowest BCUT2D eigenvalue weighted by atomic mass is 10.1. The second-order valence-electron chi connectivity index (χ2n) is 9.49. The number of aryl methyl sites for hydroxylation is 2. The maximum Gasteiger partial charge on any atom is 0.174 e. The molecule has 0 unspecified atom stereocenters. The molecule has 0 amide bonds. The molecule has 1 fully saturated rings. The summed E-state index contributed by atoms with van der Waals surface area (Å²) in [5, 5.41) is 4.30. The van der Waals surface area contributed by atoms with E-state index in [9.17, 15) is 0 Å². The van der Waals surface area contributed by atoms with Gasteiger partial charge in [-0.25, -0.2) is 0 Å². The molecule has 4 nitrogen and oxygen atoms in total. The summed E-state index contributed by atoms with van der Waals surface area (Å²) in [5.74, 6) is 0.848. The van der Waals surface area contributed by atoms with Crippen molar-refractivity contribution in [3.8, 4) is 5.75 Å². The second-order valence-corrected chi connectivity index (χ2v) is 9.88. The topological polar surface area (TPSA) is 29.4 Å². The van der Waals surface area contributed by atoms with Crippen LogP contribution in [-0.4, -0.2) is 27.7 Å². The lowest BCUT2D eigenvalue weighted by Gasteiger charge is -2.34. The van der Waals surface area contributed by atoms with Crippen LogP contribution in [0.1, 0.15) is 60.9 Å². The van der Waals surface area contributed by atoms with Gasteiger partial charge in [-0.2, -0.15) is 0 Å². The summed E-state index contributed by atoms with van der Waals surface area (Å²) in [5.41, 5.74) is 6.31. The third-order valence-electron chi connectivity index (χ3n) is 6.96. The van der Waals surface area contributed by atoms with Gasteiger partial charge in [-0.1, -0.05) is 49.4 Å². The largest absolute Gasteiger partial charge is 0.497 e. The number of rotatable bonds is 7. The van der Waals surface area contributed by atoms with Gasteiger partial charge < -0.3 is 19.5 Å². The quantitative estimate of drug-likeness (QED) is 0.292. The molecular weight excluding hydrogens is 438 g/mol. The first kappa shape index (κ1) is 24.3. The van der Waals surface area contributed by atoms with Crippen molar-refractivity contribution >= 4 is 23.0 Å². The molecule has 0 spiro atoms. The minimum Gasteiger partial charge on any atom is -0.497 e. The van der Waals surface area contributed by atoms with E-state index in [4.69, 9.17) is 17.0 Å². The molecule has 1 N–H and O–H groups in total. The van der Waals surface area contributed by atoms with E-state index in [1.165, 1.54) is 60.9 Å². The highest BCUT2D eigenvalue weighted by Gasteiger charge is 2.24. The number of nitrogens with one attached hydrogen (secondary N) is 1. The fourth-order valence-corrected chi connectivity index (χ4v) is 5.27. The number of benzene rings is 2. The van der Waals surface area contributed by atoms with Crippen molar-refractivity contribution in [2.24, 2.45) is 0 Å². The Morgan fingerprint density at radius 1 is 1.03 bits per heavy atom. The smallest absolute Gasteiger partial charge is 0.174 e. The standard InChI is InChI=1S/C29H37N3OS/c1-22-12-13-24(23(2)19-22)20-31-18-8-11-27(31)21-32(26-9-6-4-5-7-10-26)29(34)30-25-14-16-28(33-3)17-15-25/h8,11-19,26H,4-7,9-10,20-21H2,1-3H3,(H,30,34). The molecule has 0 atom stereocenters. The van der Waals surface area contributed by atoms with E-state index in [-0.39, 0.29) is 0 Å². The molecule has 1 saturated carbocycles. The molecule has 0 aliphatic heterocycles. The van der Waals surface area contributed by atoms with Gasteiger partial charge in [0.2, 0.25) is 0 Å². The Labute approximate surface area is 209 Å². The van der Waals surface area contributed by atoms with Crippen LogP contribution >= 0.6 is 12.2 Å². The molecule has 0 saturated heterocycles. The van der Waals surface area contributed by atoms with Gasteiger partial charge >= 0.3 is 0 Å². The normalized spacial score (nSPS) is 14.4. The van der Waals surface area contributed by atoms with E-state index in [2.05, 4.69) is 65.2 Å². The summed E-state index contributed by atoms with van der Waals surface area (Å²) in [6.07, 6.45) is 9.79. The number of hydrogen-bond donors (Lipinski definition) is 1. The SMILES string of the molecule is COc1ccc(NC(=S)N(Cc2cccn2Cc2ccc(C)cc2C)C2CCCCCC2)cc1. The van der Waals surface area contributed by atoms with Gasteiger partial charge in [0.05, 0.1) is 13.7 Å². The highest BCUT2D eigenvalue weighted by Crippen LogP contribution is 2.26. The van der Waals surface area contributed by atoms with Crippen molar-refractivity contribution in [2.75, 3.05) is 12.4 Å². The van der Waals surface area contributed by atoms with Gasteiger partial charge in [0.15, 0.2) is 5.11 Å². The molecular formula is C29H37N3OS. The van der Waals surface area contributed by atoms with Gasteiger partial charge in [0, 0.05) is 30.2 Å². The first-order chi connectivity index (χ1) is 16.5. The molecule has 34 heavy (non-hydrogen) atoms. The molecule has 1 heterocycles. The van der Waals surface area contributed by atoms with Crippen LogP contribution in [0.25, 0.3) is 0 Å². The average Bonchev–Trinajstić information content (AvgIpc) is 3.09. The maximum atomic E-state index is 6.00. The van der Waals surface area contributed by atoms with E-state index < -0.39 is 0 Å². The number of methoxy groups -OCH3 is 1. The molecule has 1 aliphatic rings. The van der Waals surface area contributed by atoms with E-state index in [0.29, 0.717) is 6.04 Å². The second kappa shape index (κ2) is 11.6. The Kier molecular flexibility index (Phi) is 8.28. The highest BCUT2D eigenvalue weighted by molar-refractivity contribution is 7.80. The predicted molar refractivity (Wildman–Crippen MR) is 146 cm³/mol. The zero-order valence-corrected chi connectivity index (χ0v) is 21.5. The Morgan fingerprint density at radius 3 is 2.44 bits per heavy atom. The molecule has 3 aromatic rings. The maximum absolute atomic E-state index is 6.00. The summed E-state index contributed by atoms with van der Waals surface area (Å²) in [7, 11) is 1.69. The van der Waals surface area contributed by atoms with Gasteiger partial charge in [-0.15, -0.1) is 0 Å². The Bertz CT molecular complexity index is 1080. The minimum absolute atomic E-state index is 0.463. The first-order valence-electron chi connectivity index (χ1n) is 12.5. The zero-order valence-electron chi connectivity index (χ0n) is 20.7. The molecule has 4 rings (SSSR count). The van der Waals surface area contributed by atoms with E-state index in [1.54, 1.807) is 7.11 Å². The summed E-state index contributed by atoms with van der Waals surface area (Å²) in [4.78, 5) is 2.43. The van der Waals surface area contributed by atoms with E-state index in [0.717, 1.165) is 29.6 Å². The average molecular weight is 476 g/mol. The fourth-order valence-electron chi connectivity index (χ4n) is 4.93. The summed E-state index contributed by atoms with van der Waals surface area (Å²) in [6, 6.07) is 19.6. The Balaban J connectivity index is 1.54. The van der Waals surface area contributed by atoms with Crippen molar-refractivity contribution < 1.29 is 4.74 Å². The van der Waals surface area contributed by atoms with Crippen LogP contribution in [0.2, 0.25) is 0 Å². The van der Waals surface area contributed by atoms with Crippen LogP contribution in [0.3, 0.4) is 0 Å². The van der Waals surface area contributed by atoms with E-state index in [1.807, 2.05) is 24.3 Å². The Morgan fingerprint density at radius 2 is 1.76 bits per heavy atom. The lowest BCUT2D eigenvalue weighted by molar-refractivity contribution is 0.274. The molecule has 0 bridgehead atoms. The number of aromatic nitrogens is 1. The summed E-state index contributed by atoms with van der Waals surface area (Å²) >= 11 is 6.00. The van der Waals surface area contributed by atoms with Crippen LogP contribution in [0, 0.1) is 13.8 Å². The third-order valence-corrected chi connectivity index (χ3v) is 7.30. The van der Waals surface area contributed by atoms with Crippen molar-refractivity contribution in [1.29, 1.82) is 0 Å². The summed E-state index contributed by atoms with van der Waals surface area (Å²) in [6.45, 7) is 6.05. The lowest BCUT2D eigenvalue weighted by Crippen LogP contribution is -2.42. The first-order valence-corrected chi connectivity index (χ1v) is 12.9. The van der Waals surface area contributed by atoms with Crippen LogP contribution in [0.5, 0.6) is 5.75 Å². The van der Waals surface area contributed by atoms with Crippen molar-refractivity contribution in [2.45, 2.75) is 71.5 Å². The van der Waals surface area contributed by atoms with Crippen molar-refractivity contribution in [3.63, 3.8) is 0 Å². The van der Waals surface area contributed by atoms with Gasteiger partial charge in [-0.05, 0) is 86.4 Å². The monoisotopic (exact) mass is 475 g/mol. The Hall–Kier alpha value is -2.79. The van der Waals surface area contributed by atoms with Crippen LogP contribution < -0.4 is 10.1 Å².